The lowest BCUT2D eigenvalue weighted by Crippen LogP contribution is -2.24. The molecule has 0 aliphatic heterocycles. The molecule has 8 nitrogen and oxygen atoms in total. The van der Waals surface area contributed by atoms with Gasteiger partial charge in [0.15, 0.2) is 6.61 Å². The molecule has 2 N–H and O–H groups in total. The van der Waals surface area contributed by atoms with Crippen LogP contribution in [0.15, 0.2) is 41.5 Å². The zero-order valence-corrected chi connectivity index (χ0v) is 16.4. The molecular formula is C19H20ClN3O5. The van der Waals surface area contributed by atoms with E-state index < -0.39 is 22.3 Å². The van der Waals surface area contributed by atoms with Gasteiger partial charge in [0.25, 0.3) is 5.91 Å². The molecule has 9 heteroatoms. The highest BCUT2D eigenvalue weighted by molar-refractivity contribution is 6.31. The zero-order chi connectivity index (χ0) is 20.9. The van der Waals surface area contributed by atoms with Gasteiger partial charge in [0.2, 0.25) is 5.75 Å². The van der Waals surface area contributed by atoms with Gasteiger partial charge in [-0.15, -0.1) is 0 Å². The van der Waals surface area contributed by atoms with Gasteiger partial charge in [-0.25, -0.2) is 5.43 Å². The standard InChI is InChI=1S/C19H20ClN3O5/c1-19(2,3)13-4-6-15(7-5-13)28-11-17(24)22-21-10-12-8-14(20)9-16(18(12)25)23(26)27/h4-10,25H,11H2,1-3H3,(H,22,24)/b21-10-. The fourth-order valence-corrected chi connectivity index (χ4v) is 2.47. The van der Waals surface area contributed by atoms with Gasteiger partial charge in [-0.2, -0.15) is 5.10 Å². The minimum atomic E-state index is -0.768. The molecule has 0 fully saturated rings. The van der Waals surface area contributed by atoms with Crippen molar-refractivity contribution in [1.82, 2.24) is 5.43 Å². The predicted molar refractivity (Wildman–Crippen MR) is 106 cm³/mol. The molecule has 0 aliphatic rings. The van der Waals surface area contributed by atoms with Gasteiger partial charge < -0.3 is 9.84 Å². The van der Waals surface area contributed by atoms with E-state index in [4.69, 9.17) is 16.3 Å². The van der Waals surface area contributed by atoms with E-state index in [1.54, 1.807) is 12.1 Å². The van der Waals surface area contributed by atoms with Crippen molar-refractivity contribution in [3.63, 3.8) is 0 Å². The number of rotatable bonds is 6. The van der Waals surface area contributed by atoms with Crippen molar-refractivity contribution in [3.05, 3.63) is 62.7 Å². The third-order valence-electron chi connectivity index (χ3n) is 3.76. The summed E-state index contributed by atoms with van der Waals surface area (Å²) in [4.78, 5) is 21.9. The number of phenols is 1. The Kier molecular flexibility index (Phi) is 6.58. The molecule has 2 aromatic rings. The van der Waals surface area contributed by atoms with E-state index >= 15 is 0 Å². The SMILES string of the molecule is CC(C)(C)c1ccc(OCC(=O)N/N=C\c2cc(Cl)cc([N+](=O)[O-])c2O)cc1. The quantitative estimate of drug-likeness (QED) is 0.431. The molecule has 1 amide bonds. The maximum Gasteiger partial charge on any atom is 0.312 e. The van der Waals surface area contributed by atoms with Crippen LogP contribution in [-0.2, 0) is 10.2 Å². The van der Waals surface area contributed by atoms with E-state index in [2.05, 4.69) is 31.3 Å². The number of aromatic hydroxyl groups is 1. The highest BCUT2D eigenvalue weighted by Gasteiger charge is 2.18. The smallest absolute Gasteiger partial charge is 0.312 e. The summed E-state index contributed by atoms with van der Waals surface area (Å²) >= 11 is 5.78. The van der Waals surface area contributed by atoms with E-state index in [9.17, 15) is 20.0 Å². The normalized spacial score (nSPS) is 11.4. The van der Waals surface area contributed by atoms with Crippen molar-refractivity contribution in [2.75, 3.05) is 6.61 Å². The van der Waals surface area contributed by atoms with E-state index in [0.29, 0.717) is 5.75 Å². The van der Waals surface area contributed by atoms with Crippen LogP contribution in [0.1, 0.15) is 31.9 Å². The van der Waals surface area contributed by atoms with Gasteiger partial charge in [0, 0.05) is 16.7 Å². The first-order chi connectivity index (χ1) is 13.1. The number of nitro groups is 1. The Morgan fingerprint density at radius 1 is 1.32 bits per heavy atom. The topological polar surface area (TPSA) is 114 Å². The van der Waals surface area contributed by atoms with E-state index in [0.717, 1.165) is 17.8 Å². The van der Waals surface area contributed by atoms with Gasteiger partial charge in [-0.3, -0.25) is 14.9 Å². The number of phenolic OH excluding ortho intramolecular Hbond substituents is 1. The summed E-state index contributed by atoms with van der Waals surface area (Å²) in [7, 11) is 0. The Bertz CT molecular complexity index is 905. The number of nitro benzene ring substituents is 1. The fourth-order valence-electron chi connectivity index (χ4n) is 2.25. The molecule has 148 valence electrons. The van der Waals surface area contributed by atoms with E-state index in [1.165, 1.54) is 6.07 Å². The Labute approximate surface area is 166 Å². The third kappa shape index (κ3) is 5.68. The molecule has 0 unspecified atom stereocenters. The van der Waals surface area contributed by atoms with E-state index in [1.807, 2.05) is 12.1 Å². The Balaban J connectivity index is 1.93. The number of amides is 1. The fraction of sp³-hybridized carbons (Fsp3) is 0.263. The largest absolute Gasteiger partial charge is 0.502 e. The molecule has 2 aromatic carbocycles. The Morgan fingerprint density at radius 3 is 2.54 bits per heavy atom. The highest BCUT2D eigenvalue weighted by atomic mass is 35.5. The lowest BCUT2D eigenvalue weighted by Gasteiger charge is -2.19. The molecule has 0 spiro atoms. The van der Waals surface area contributed by atoms with Gasteiger partial charge in [0.05, 0.1) is 11.1 Å². The first-order valence-electron chi connectivity index (χ1n) is 8.30. The summed E-state index contributed by atoms with van der Waals surface area (Å²) in [6, 6.07) is 9.72. The van der Waals surface area contributed by atoms with Gasteiger partial charge >= 0.3 is 5.69 Å². The number of halogens is 1. The van der Waals surface area contributed by atoms with Gasteiger partial charge in [-0.05, 0) is 29.2 Å². The summed E-state index contributed by atoms with van der Waals surface area (Å²) in [6.07, 6.45) is 1.06. The minimum absolute atomic E-state index is 0.00168. The molecule has 2 rings (SSSR count). The summed E-state index contributed by atoms with van der Waals surface area (Å²) in [5.74, 6) is -0.593. The molecule has 0 saturated heterocycles. The second-order valence-corrected chi connectivity index (χ2v) is 7.41. The maximum atomic E-state index is 11.8. The Morgan fingerprint density at radius 2 is 1.96 bits per heavy atom. The van der Waals surface area contributed by atoms with Crippen LogP contribution in [0.3, 0.4) is 0 Å². The zero-order valence-electron chi connectivity index (χ0n) is 15.6. The number of hydrazone groups is 1. The first kappa shape index (κ1) is 21.2. The molecule has 0 bridgehead atoms. The van der Waals surface area contributed by atoms with Crippen LogP contribution in [0.4, 0.5) is 5.69 Å². The van der Waals surface area contributed by atoms with Crippen LogP contribution < -0.4 is 10.2 Å². The average Bonchev–Trinajstić information content (AvgIpc) is 2.62. The summed E-state index contributed by atoms with van der Waals surface area (Å²) in [5, 5.41) is 24.4. The van der Waals surface area contributed by atoms with Crippen LogP contribution in [0.25, 0.3) is 0 Å². The molecule has 0 saturated carbocycles. The van der Waals surface area contributed by atoms with Gasteiger partial charge in [0.1, 0.15) is 5.75 Å². The van der Waals surface area contributed by atoms with Crippen LogP contribution in [0, 0.1) is 10.1 Å². The second kappa shape index (κ2) is 8.71. The lowest BCUT2D eigenvalue weighted by molar-refractivity contribution is -0.385. The molecule has 28 heavy (non-hydrogen) atoms. The van der Waals surface area contributed by atoms with Crippen LogP contribution in [0.5, 0.6) is 11.5 Å². The minimum Gasteiger partial charge on any atom is -0.502 e. The van der Waals surface area contributed by atoms with Crippen molar-refractivity contribution < 1.29 is 19.6 Å². The number of benzene rings is 2. The van der Waals surface area contributed by atoms with E-state index in [-0.39, 0.29) is 22.6 Å². The van der Waals surface area contributed by atoms with Crippen LogP contribution in [-0.4, -0.2) is 28.8 Å². The van der Waals surface area contributed by atoms with Crippen LogP contribution in [0.2, 0.25) is 5.02 Å². The molecule has 0 aromatic heterocycles. The number of hydrogen-bond acceptors (Lipinski definition) is 6. The predicted octanol–water partition coefficient (Wildman–Crippen LogP) is 3.78. The maximum absolute atomic E-state index is 11.8. The highest BCUT2D eigenvalue weighted by Crippen LogP contribution is 2.32. The Hall–Kier alpha value is -3.13. The molecular weight excluding hydrogens is 386 g/mol. The summed E-state index contributed by atoms with van der Waals surface area (Å²) < 4.78 is 5.39. The van der Waals surface area contributed by atoms with Crippen molar-refractivity contribution in [3.8, 4) is 11.5 Å². The average molecular weight is 406 g/mol. The third-order valence-corrected chi connectivity index (χ3v) is 3.98. The van der Waals surface area contributed by atoms with Crippen molar-refractivity contribution >= 4 is 29.4 Å². The number of nitrogens with one attached hydrogen (secondary N) is 1. The number of ether oxygens (including phenoxy) is 1. The first-order valence-corrected chi connectivity index (χ1v) is 8.68. The number of carbonyl (C=O) groups is 1. The van der Waals surface area contributed by atoms with Gasteiger partial charge in [-0.1, -0.05) is 44.5 Å². The number of nitrogens with zero attached hydrogens (tertiary/aromatic N) is 2. The molecule has 0 radical (unpaired) electrons. The van der Waals surface area contributed by atoms with Crippen molar-refractivity contribution in [2.45, 2.75) is 26.2 Å². The van der Waals surface area contributed by atoms with Crippen LogP contribution >= 0.6 is 11.6 Å². The molecule has 0 aliphatic carbocycles. The monoisotopic (exact) mass is 405 g/mol. The van der Waals surface area contributed by atoms with Crippen molar-refractivity contribution in [1.29, 1.82) is 0 Å². The van der Waals surface area contributed by atoms with Crippen molar-refractivity contribution in [2.24, 2.45) is 5.10 Å². The number of carbonyl (C=O) groups excluding carboxylic acids is 1. The molecule has 0 heterocycles. The molecule has 0 atom stereocenters. The number of hydrogen-bond donors (Lipinski definition) is 2. The summed E-state index contributed by atoms with van der Waals surface area (Å²) in [5.41, 5.74) is 2.82. The second-order valence-electron chi connectivity index (χ2n) is 6.98. The lowest BCUT2D eigenvalue weighted by atomic mass is 9.87. The summed E-state index contributed by atoms with van der Waals surface area (Å²) in [6.45, 7) is 6.02.